The molecule has 1 aliphatic heterocycles. The number of hydrogen-bond acceptors (Lipinski definition) is 3. The molecule has 2 atom stereocenters. The maximum atomic E-state index is 6.27. The Balaban J connectivity index is 1.63. The van der Waals surface area contributed by atoms with Gasteiger partial charge in [-0.15, -0.1) is 0 Å². The Labute approximate surface area is 108 Å². The second-order valence-corrected chi connectivity index (χ2v) is 5.32. The van der Waals surface area contributed by atoms with E-state index < -0.39 is 0 Å². The molecule has 1 saturated heterocycles. The van der Waals surface area contributed by atoms with Crippen molar-refractivity contribution in [3.63, 3.8) is 0 Å². The molecular weight excluding hydrogens is 226 g/mol. The molecule has 0 radical (unpaired) electrons. The van der Waals surface area contributed by atoms with Crippen LogP contribution in [0.3, 0.4) is 0 Å². The minimum atomic E-state index is -0.0136. The van der Waals surface area contributed by atoms with Gasteiger partial charge in [0.2, 0.25) is 0 Å². The molecule has 2 aliphatic rings. The van der Waals surface area contributed by atoms with Crippen LogP contribution in [0.4, 0.5) is 0 Å². The summed E-state index contributed by atoms with van der Waals surface area (Å²) < 4.78 is 11.5. The molecule has 1 aromatic rings. The van der Waals surface area contributed by atoms with Gasteiger partial charge in [0, 0.05) is 6.61 Å². The molecule has 2 unspecified atom stereocenters. The van der Waals surface area contributed by atoms with Crippen LogP contribution in [-0.4, -0.2) is 18.8 Å². The molecule has 1 saturated carbocycles. The first-order chi connectivity index (χ1) is 8.83. The van der Waals surface area contributed by atoms with Crippen LogP contribution in [0.15, 0.2) is 24.3 Å². The quantitative estimate of drug-likeness (QED) is 0.889. The van der Waals surface area contributed by atoms with Crippen LogP contribution in [0, 0.1) is 0 Å². The molecule has 0 bridgehead atoms. The van der Waals surface area contributed by atoms with E-state index in [1.165, 1.54) is 19.3 Å². The van der Waals surface area contributed by atoms with Crippen molar-refractivity contribution in [1.82, 2.24) is 0 Å². The summed E-state index contributed by atoms with van der Waals surface area (Å²) in [4.78, 5) is 0. The summed E-state index contributed by atoms with van der Waals surface area (Å²) in [6.07, 6.45) is 6.47. The molecule has 18 heavy (non-hydrogen) atoms. The van der Waals surface area contributed by atoms with E-state index in [0.29, 0.717) is 6.10 Å². The fourth-order valence-electron chi connectivity index (χ4n) is 2.41. The first kappa shape index (κ1) is 12.0. The van der Waals surface area contributed by atoms with Crippen LogP contribution in [0.1, 0.15) is 43.7 Å². The van der Waals surface area contributed by atoms with Gasteiger partial charge in [0.05, 0.1) is 18.2 Å². The zero-order valence-electron chi connectivity index (χ0n) is 10.7. The first-order valence-electron chi connectivity index (χ1n) is 6.97. The number of benzene rings is 1. The minimum Gasteiger partial charge on any atom is -0.490 e. The highest BCUT2D eigenvalue weighted by Crippen LogP contribution is 2.29. The van der Waals surface area contributed by atoms with Crippen molar-refractivity contribution in [2.24, 2.45) is 5.73 Å². The van der Waals surface area contributed by atoms with Crippen LogP contribution in [0.5, 0.6) is 5.75 Å². The standard InChI is InChI=1S/C15H21NO2/c16-15(14-3-1-2-10-17-14)11-4-6-12(7-5-11)18-13-8-9-13/h4-7,13-15H,1-3,8-10,16H2. The summed E-state index contributed by atoms with van der Waals surface area (Å²) in [5.41, 5.74) is 7.41. The molecule has 3 nitrogen and oxygen atoms in total. The number of nitrogens with two attached hydrogens (primary N) is 1. The van der Waals surface area contributed by atoms with Crippen LogP contribution in [-0.2, 0) is 4.74 Å². The van der Waals surface area contributed by atoms with Gasteiger partial charge in [-0.3, -0.25) is 0 Å². The Kier molecular flexibility index (Phi) is 3.52. The van der Waals surface area contributed by atoms with Crippen LogP contribution < -0.4 is 10.5 Å². The molecule has 1 aromatic carbocycles. The molecular formula is C15H21NO2. The Bertz CT molecular complexity index is 380. The maximum absolute atomic E-state index is 6.27. The predicted octanol–water partition coefficient (Wildman–Crippen LogP) is 2.80. The van der Waals surface area contributed by atoms with Gasteiger partial charge in [0.1, 0.15) is 5.75 Å². The van der Waals surface area contributed by atoms with Crippen molar-refractivity contribution in [1.29, 1.82) is 0 Å². The molecule has 3 rings (SSSR count). The third-order valence-electron chi connectivity index (χ3n) is 3.71. The van der Waals surface area contributed by atoms with E-state index in [1.54, 1.807) is 0 Å². The molecule has 1 aliphatic carbocycles. The SMILES string of the molecule is NC(c1ccc(OC2CC2)cc1)C1CCCCO1. The van der Waals surface area contributed by atoms with Crippen molar-refractivity contribution >= 4 is 0 Å². The average molecular weight is 247 g/mol. The van der Waals surface area contributed by atoms with Crippen molar-refractivity contribution in [2.45, 2.75) is 50.4 Å². The lowest BCUT2D eigenvalue weighted by molar-refractivity contribution is 0.00000249. The summed E-state index contributed by atoms with van der Waals surface area (Å²) in [5.74, 6) is 0.956. The van der Waals surface area contributed by atoms with Crippen molar-refractivity contribution in [2.75, 3.05) is 6.61 Å². The Morgan fingerprint density at radius 1 is 1.11 bits per heavy atom. The fourth-order valence-corrected chi connectivity index (χ4v) is 2.41. The van der Waals surface area contributed by atoms with Crippen LogP contribution in [0.25, 0.3) is 0 Å². The first-order valence-corrected chi connectivity index (χ1v) is 6.97. The smallest absolute Gasteiger partial charge is 0.119 e. The Morgan fingerprint density at radius 2 is 1.89 bits per heavy atom. The highest BCUT2D eigenvalue weighted by atomic mass is 16.5. The molecule has 0 spiro atoms. The van der Waals surface area contributed by atoms with E-state index in [-0.39, 0.29) is 12.1 Å². The van der Waals surface area contributed by atoms with Gasteiger partial charge in [-0.25, -0.2) is 0 Å². The zero-order chi connectivity index (χ0) is 12.4. The van der Waals surface area contributed by atoms with Gasteiger partial charge in [0.25, 0.3) is 0 Å². The summed E-state index contributed by atoms with van der Waals surface area (Å²) in [5, 5.41) is 0. The van der Waals surface area contributed by atoms with Crippen LogP contribution in [0.2, 0.25) is 0 Å². The van der Waals surface area contributed by atoms with E-state index in [4.69, 9.17) is 15.2 Å². The van der Waals surface area contributed by atoms with E-state index >= 15 is 0 Å². The van der Waals surface area contributed by atoms with Crippen molar-refractivity contribution in [3.8, 4) is 5.75 Å². The summed E-state index contributed by atoms with van der Waals surface area (Å²) in [7, 11) is 0. The molecule has 0 amide bonds. The molecule has 1 heterocycles. The second kappa shape index (κ2) is 5.29. The van der Waals surface area contributed by atoms with E-state index in [2.05, 4.69) is 12.1 Å². The van der Waals surface area contributed by atoms with Gasteiger partial charge in [-0.2, -0.15) is 0 Å². The van der Waals surface area contributed by atoms with Crippen molar-refractivity contribution in [3.05, 3.63) is 29.8 Å². The van der Waals surface area contributed by atoms with Crippen molar-refractivity contribution < 1.29 is 9.47 Å². The topological polar surface area (TPSA) is 44.5 Å². The minimum absolute atomic E-state index is 0.0136. The molecule has 2 N–H and O–H groups in total. The average Bonchev–Trinajstić information content (AvgIpc) is 3.24. The number of rotatable bonds is 4. The van der Waals surface area contributed by atoms with Gasteiger partial charge < -0.3 is 15.2 Å². The van der Waals surface area contributed by atoms with E-state index in [1.807, 2.05) is 12.1 Å². The van der Waals surface area contributed by atoms with Gasteiger partial charge >= 0.3 is 0 Å². The summed E-state index contributed by atoms with van der Waals surface area (Å²) in [6, 6.07) is 8.17. The third-order valence-corrected chi connectivity index (χ3v) is 3.71. The van der Waals surface area contributed by atoms with E-state index in [9.17, 15) is 0 Å². The highest BCUT2D eigenvalue weighted by molar-refractivity contribution is 5.30. The Morgan fingerprint density at radius 3 is 2.50 bits per heavy atom. The summed E-state index contributed by atoms with van der Waals surface area (Å²) in [6.45, 7) is 0.848. The number of ether oxygens (including phenoxy) is 2. The maximum Gasteiger partial charge on any atom is 0.119 e. The lowest BCUT2D eigenvalue weighted by Crippen LogP contribution is -2.31. The number of hydrogen-bond donors (Lipinski definition) is 1. The molecule has 0 aromatic heterocycles. The monoisotopic (exact) mass is 247 g/mol. The zero-order valence-corrected chi connectivity index (χ0v) is 10.7. The van der Waals surface area contributed by atoms with Crippen LogP contribution >= 0.6 is 0 Å². The van der Waals surface area contributed by atoms with Gasteiger partial charge in [-0.05, 0) is 49.8 Å². The molecule has 3 heteroatoms. The Hall–Kier alpha value is -1.06. The normalized spacial score (nSPS) is 25.7. The molecule has 98 valence electrons. The highest BCUT2D eigenvalue weighted by Gasteiger charge is 2.24. The summed E-state index contributed by atoms with van der Waals surface area (Å²) >= 11 is 0. The van der Waals surface area contributed by atoms with Gasteiger partial charge in [0.15, 0.2) is 0 Å². The fraction of sp³-hybridized carbons (Fsp3) is 0.600. The lowest BCUT2D eigenvalue weighted by atomic mass is 9.96. The molecule has 2 fully saturated rings. The predicted molar refractivity (Wildman–Crippen MR) is 70.6 cm³/mol. The van der Waals surface area contributed by atoms with E-state index in [0.717, 1.165) is 30.8 Å². The lowest BCUT2D eigenvalue weighted by Gasteiger charge is -2.28. The largest absolute Gasteiger partial charge is 0.490 e. The third kappa shape index (κ3) is 2.85. The van der Waals surface area contributed by atoms with Gasteiger partial charge in [-0.1, -0.05) is 12.1 Å². The second-order valence-electron chi connectivity index (χ2n) is 5.32.